The second kappa shape index (κ2) is 8.71. The van der Waals surface area contributed by atoms with Gasteiger partial charge in [0, 0.05) is 18.7 Å². The number of carbonyl (C=O) groups excluding carboxylic acids is 2. The van der Waals surface area contributed by atoms with Crippen molar-refractivity contribution >= 4 is 17.5 Å². The summed E-state index contributed by atoms with van der Waals surface area (Å²) < 4.78 is 5.49. The van der Waals surface area contributed by atoms with Crippen LogP contribution >= 0.6 is 0 Å². The fraction of sp³-hybridized carbons (Fsp3) is 0.364. The molecule has 0 saturated heterocycles. The maximum atomic E-state index is 12.7. The van der Waals surface area contributed by atoms with Crippen LogP contribution in [0.4, 0.5) is 5.69 Å². The van der Waals surface area contributed by atoms with Crippen molar-refractivity contribution in [1.82, 2.24) is 4.90 Å². The van der Waals surface area contributed by atoms with Gasteiger partial charge in [-0.2, -0.15) is 0 Å². The number of fused-ring (bicyclic) bond motifs is 1. The maximum absolute atomic E-state index is 12.7. The topological polar surface area (TPSA) is 49.9 Å². The molecule has 0 radical (unpaired) electrons. The number of anilines is 1. The lowest BCUT2D eigenvalue weighted by molar-refractivity contribution is -0.121. The van der Waals surface area contributed by atoms with Crippen LogP contribution in [0.25, 0.3) is 0 Å². The molecular weight excluding hydrogens is 340 g/mol. The minimum atomic E-state index is -0.0640. The average Bonchev–Trinajstić information content (AvgIpc) is 2.70. The molecule has 27 heavy (non-hydrogen) atoms. The van der Waals surface area contributed by atoms with Crippen molar-refractivity contribution in [2.45, 2.75) is 33.2 Å². The monoisotopic (exact) mass is 366 g/mol. The first-order valence-corrected chi connectivity index (χ1v) is 9.54. The Hall–Kier alpha value is -2.82. The Labute approximate surface area is 160 Å². The average molecular weight is 366 g/mol. The quantitative estimate of drug-likeness (QED) is 0.747. The summed E-state index contributed by atoms with van der Waals surface area (Å²) in [7, 11) is 0. The van der Waals surface area contributed by atoms with E-state index in [1.54, 1.807) is 4.90 Å². The van der Waals surface area contributed by atoms with E-state index in [0.717, 1.165) is 42.9 Å². The normalized spacial score (nSPS) is 13.1. The minimum Gasteiger partial charge on any atom is -0.482 e. The van der Waals surface area contributed by atoms with Gasteiger partial charge in [0.2, 0.25) is 0 Å². The number of benzene rings is 2. The fourth-order valence-corrected chi connectivity index (χ4v) is 3.30. The first kappa shape index (κ1) is 19.0. The van der Waals surface area contributed by atoms with Crippen LogP contribution in [-0.2, 0) is 11.3 Å². The molecule has 1 aliphatic rings. The number of nitrogens with zero attached hydrogens (tertiary/aromatic N) is 2. The van der Waals surface area contributed by atoms with Gasteiger partial charge in [-0.25, -0.2) is 0 Å². The van der Waals surface area contributed by atoms with E-state index >= 15 is 0 Å². The van der Waals surface area contributed by atoms with Crippen LogP contribution in [0.5, 0.6) is 5.75 Å². The van der Waals surface area contributed by atoms with Crippen molar-refractivity contribution in [3.05, 3.63) is 59.7 Å². The summed E-state index contributed by atoms with van der Waals surface area (Å²) in [5, 5.41) is 0. The number of ether oxygens (including phenoxy) is 1. The summed E-state index contributed by atoms with van der Waals surface area (Å²) in [5.41, 5.74) is 2.45. The van der Waals surface area contributed by atoms with Crippen molar-refractivity contribution in [3.8, 4) is 5.75 Å². The minimum absolute atomic E-state index is 0.0522. The van der Waals surface area contributed by atoms with E-state index in [1.807, 2.05) is 53.4 Å². The number of carbonyl (C=O) groups is 2. The molecule has 0 unspecified atom stereocenters. The Morgan fingerprint density at radius 2 is 1.70 bits per heavy atom. The van der Waals surface area contributed by atoms with Crippen LogP contribution in [0.2, 0.25) is 0 Å². The van der Waals surface area contributed by atoms with Crippen LogP contribution < -0.4 is 9.64 Å². The maximum Gasteiger partial charge on any atom is 0.265 e. The molecule has 0 bridgehead atoms. The van der Waals surface area contributed by atoms with Gasteiger partial charge < -0.3 is 14.5 Å². The van der Waals surface area contributed by atoms with Gasteiger partial charge in [0.25, 0.3) is 11.8 Å². The van der Waals surface area contributed by atoms with E-state index in [4.69, 9.17) is 4.74 Å². The summed E-state index contributed by atoms with van der Waals surface area (Å²) in [6.07, 6.45) is 1.89. The van der Waals surface area contributed by atoms with Gasteiger partial charge in [0.05, 0.1) is 12.2 Å². The summed E-state index contributed by atoms with van der Waals surface area (Å²) in [6.45, 7) is 6.21. The first-order valence-electron chi connectivity index (χ1n) is 9.54. The molecule has 0 saturated carbocycles. The molecule has 0 aliphatic carbocycles. The van der Waals surface area contributed by atoms with Crippen molar-refractivity contribution in [2.24, 2.45) is 0 Å². The molecular formula is C22H26N2O3. The second-order valence-electron chi connectivity index (χ2n) is 6.73. The van der Waals surface area contributed by atoms with Crippen LogP contribution in [0.3, 0.4) is 0 Å². The predicted octanol–water partition coefficient (Wildman–Crippen LogP) is 3.87. The van der Waals surface area contributed by atoms with Crippen LogP contribution in [0, 0.1) is 0 Å². The molecule has 142 valence electrons. The molecule has 2 aromatic rings. The highest BCUT2D eigenvalue weighted by Crippen LogP contribution is 2.32. The Bertz CT molecular complexity index is 795. The van der Waals surface area contributed by atoms with Gasteiger partial charge in [-0.15, -0.1) is 0 Å². The third-order valence-corrected chi connectivity index (χ3v) is 4.62. The number of amides is 2. The van der Waals surface area contributed by atoms with E-state index in [2.05, 4.69) is 13.8 Å². The second-order valence-corrected chi connectivity index (χ2v) is 6.73. The van der Waals surface area contributed by atoms with Gasteiger partial charge in [-0.1, -0.05) is 38.1 Å². The number of para-hydroxylation sites is 2. The molecule has 0 aromatic heterocycles. The smallest absolute Gasteiger partial charge is 0.265 e. The highest BCUT2D eigenvalue weighted by Gasteiger charge is 2.25. The zero-order valence-corrected chi connectivity index (χ0v) is 16.0. The van der Waals surface area contributed by atoms with E-state index in [9.17, 15) is 9.59 Å². The molecule has 5 nitrogen and oxygen atoms in total. The Balaban J connectivity index is 1.74. The summed E-state index contributed by atoms with van der Waals surface area (Å²) >= 11 is 0. The molecule has 2 aromatic carbocycles. The Kier molecular flexibility index (Phi) is 6.12. The summed E-state index contributed by atoms with van der Waals surface area (Å²) in [5.74, 6) is 0.725. The zero-order chi connectivity index (χ0) is 19.2. The molecule has 0 N–H and O–H groups in total. The van der Waals surface area contributed by atoms with E-state index in [0.29, 0.717) is 12.1 Å². The highest BCUT2D eigenvalue weighted by atomic mass is 16.5. The summed E-state index contributed by atoms with van der Waals surface area (Å²) in [6, 6.07) is 15.1. The van der Waals surface area contributed by atoms with Crippen LogP contribution in [0.1, 0.15) is 42.6 Å². The van der Waals surface area contributed by atoms with Crippen molar-refractivity contribution < 1.29 is 14.3 Å². The number of hydrogen-bond donors (Lipinski definition) is 0. The molecule has 3 rings (SSSR count). The highest BCUT2D eigenvalue weighted by molar-refractivity contribution is 5.98. The van der Waals surface area contributed by atoms with E-state index in [1.165, 1.54) is 0 Å². The van der Waals surface area contributed by atoms with Crippen LogP contribution in [-0.4, -0.2) is 36.4 Å². The molecule has 1 aliphatic heterocycles. The Morgan fingerprint density at radius 3 is 2.37 bits per heavy atom. The van der Waals surface area contributed by atoms with Gasteiger partial charge in [0.15, 0.2) is 6.61 Å². The molecule has 5 heteroatoms. The number of hydrogen-bond acceptors (Lipinski definition) is 3. The third kappa shape index (κ3) is 4.30. The fourth-order valence-electron chi connectivity index (χ4n) is 3.30. The lowest BCUT2D eigenvalue weighted by Crippen LogP contribution is -2.38. The lowest BCUT2D eigenvalue weighted by atomic mass is 10.1. The number of rotatable bonds is 7. The zero-order valence-electron chi connectivity index (χ0n) is 16.0. The van der Waals surface area contributed by atoms with E-state index in [-0.39, 0.29) is 18.4 Å². The lowest BCUT2D eigenvalue weighted by Gasteiger charge is -2.29. The standard InChI is InChI=1S/C22H26N2O3/c1-3-13-23(14-4-2)22(26)18-11-9-17(10-12-18)15-24-19-7-5-6-8-20(19)27-16-21(24)25/h5-12H,3-4,13-16H2,1-2H3. The molecule has 1 heterocycles. The van der Waals surface area contributed by atoms with Crippen LogP contribution in [0.15, 0.2) is 48.5 Å². The van der Waals surface area contributed by atoms with Crippen molar-refractivity contribution in [3.63, 3.8) is 0 Å². The van der Waals surface area contributed by atoms with Gasteiger partial charge in [0.1, 0.15) is 5.75 Å². The van der Waals surface area contributed by atoms with Gasteiger partial charge in [-0.05, 0) is 42.7 Å². The van der Waals surface area contributed by atoms with Crippen molar-refractivity contribution in [1.29, 1.82) is 0 Å². The van der Waals surface area contributed by atoms with Gasteiger partial charge >= 0.3 is 0 Å². The Morgan fingerprint density at radius 1 is 1.04 bits per heavy atom. The molecule has 0 fully saturated rings. The first-order chi connectivity index (χ1) is 13.1. The molecule has 0 spiro atoms. The SMILES string of the molecule is CCCN(CCC)C(=O)c1ccc(CN2C(=O)COc3ccccc32)cc1. The third-order valence-electron chi connectivity index (χ3n) is 4.62. The predicted molar refractivity (Wildman–Crippen MR) is 106 cm³/mol. The van der Waals surface area contributed by atoms with E-state index < -0.39 is 0 Å². The summed E-state index contributed by atoms with van der Waals surface area (Å²) in [4.78, 5) is 28.6. The molecule has 2 amide bonds. The van der Waals surface area contributed by atoms with Crippen molar-refractivity contribution in [2.75, 3.05) is 24.6 Å². The largest absolute Gasteiger partial charge is 0.482 e. The van der Waals surface area contributed by atoms with Gasteiger partial charge in [-0.3, -0.25) is 9.59 Å². The molecule has 0 atom stereocenters.